The van der Waals surface area contributed by atoms with Crippen LogP contribution < -0.4 is 5.73 Å². The molecule has 2 N–H and O–H groups in total. The molecule has 0 amide bonds. The Morgan fingerprint density at radius 1 is 1.07 bits per heavy atom. The molecular weight excluding hydrogens is 240 g/mol. The zero-order valence-electron chi connectivity index (χ0n) is 8.02. The molecule has 1 nitrogen and oxygen atoms in total. The minimum atomic E-state index is -0.186. The highest BCUT2D eigenvalue weighted by Gasteiger charge is 2.18. The fourth-order valence-corrected chi connectivity index (χ4v) is 1.97. The number of hydrogen-bond donors (Lipinski definition) is 1. The summed E-state index contributed by atoms with van der Waals surface area (Å²) in [5.41, 5.74) is 6.71. The molecule has 0 fully saturated rings. The summed E-state index contributed by atoms with van der Waals surface area (Å²) in [5, 5.41) is 1.52. The van der Waals surface area contributed by atoms with E-state index in [2.05, 4.69) is 0 Å². The number of benzene rings is 1. The highest BCUT2D eigenvalue weighted by atomic mass is 35.5. The van der Waals surface area contributed by atoms with Crippen LogP contribution in [-0.2, 0) is 0 Å². The lowest BCUT2D eigenvalue weighted by molar-refractivity contribution is 0.514. The third-order valence-corrected chi connectivity index (χ3v) is 3.28. The fourth-order valence-electron chi connectivity index (χ4n) is 1.18. The second-order valence-electron chi connectivity index (χ2n) is 3.53. The maximum absolute atomic E-state index is 6.04. The Hall–Kier alpha value is 0.0500. The lowest BCUT2D eigenvalue weighted by Gasteiger charge is -2.19. The first-order valence-corrected chi connectivity index (χ1v) is 5.47. The second kappa shape index (κ2) is 4.71. The van der Waals surface area contributed by atoms with Crippen LogP contribution >= 0.6 is 34.8 Å². The van der Waals surface area contributed by atoms with Crippen molar-refractivity contribution in [2.45, 2.75) is 19.9 Å². The molecule has 1 atom stereocenters. The van der Waals surface area contributed by atoms with Crippen molar-refractivity contribution in [2.75, 3.05) is 0 Å². The van der Waals surface area contributed by atoms with Crippen molar-refractivity contribution in [1.29, 1.82) is 0 Å². The molecule has 0 unspecified atom stereocenters. The van der Waals surface area contributed by atoms with Gasteiger partial charge in [-0.3, -0.25) is 0 Å². The summed E-state index contributed by atoms with van der Waals surface area (Å²) in [7, 11) is 0. The number of rotatable bonds is 2. The summed E-state index contributed by atoms with van der Waals surface area (Å²) < 4.78 is 0. The van der Waals surface area contributed by atoms with Crippen molar-refractivity contribution in [3.63, 3.8) is 0 Å². The highest BCUT2D eigenvalue weighted by molar-refractivity contribution is 6.44. The molecule has 0 aliphatic rings. The minimum Gasteiger partial charge on any atom is -0.324 e. The monoisotopic (exact) mass is 251 g/mol. The Bertz CT molecular complexity index is 336. The maximum atomic E-state index is 6.04. The molecule has 0 saturated heterocycles. The predicted molar refractivity (Wildman–Crippen MR) is 63.2 cm³/mol. The van der Waals surface area contributed by atoms with Crippen molar-refractivity contribution >= 4 is 34.8 Å². The maximum Gasteiger partial charge on any atom is 0.0655 e. The van der Waals surface area contributed by atoms with Gasteiger partial charge >= 0.3 is 0 Å². The molecule has 78 valence electrons. The summed E-state index contributed by atoms with van der Waals surface area (Å²) in [4.78, 5) is 0. The van der Waals surface area contributed by atoms with E-state index >= 15 is 0 Å². The average Bonchev–Trinajstić information content (AvgIpc) is 2.12. The topological polar surface area (TPSA) is 26.0 Å². The minimum absolute atomic E-state index is 0.186. The summed E-state index contributed by atoms with van der Waals surface area (Å²) in [6.45, 7) is 4.02. The van der Waals surface area contributed by atoms with Gasteiger partial charge in [-0.1, -0.05) is 48.7 Å². The molecule has 0 saturated carbocycles. The van der Waals surface area contributed by atoms with Crippen LogP contribution in [0.1, 0.15) is 25.5 Å². The normalized spacial score (nSPS) is 13.4. The van der Waals surface area contributed by atoms with Crippen LogP contribution in [0.4, 0.5) is 0 Å². The van der Waals surface area contributed by atoms with Crippen molar-refractivity contribution in [2.24, 2.45) is 11.7 Å². The van der Waals surface area contributed by atoms with Crippen LogP contribution in [0.15, 0.2) is 12.1 Å². The Labute approximate surface area is 99.1 Å². The third-order valence-electron chi connectivity index (χ3n) is 2.13. The molecule has 4 heteroatoms. The van der Waals surface area contributed by atoms with Crippen LogP contribution in [0.2, 0.25) is 15.1 Å². The molecule has 0 spiro atoms. The van der Waals surface area contributed by atoms with Gasteiger partial charge in [0.2, 0.25) is 0 Å². The lowest BCUT2D eigenvalue weighted by Crippen LogP contribution is -2.17. The van der Waals surface area contributed by atoms with Crippen molar-refractivity contribution in [3.8, 4) is 0 Å². The van der Waals surface area contributed by atoms with Crippen LogP contribution in [0, 0.1) is 5.92 Å². The second-order valence-corrected chi connectivity index (χ2v) is 4.72. The zero-order valence-corrected chi connectivity index (χ0v) is 10.3. The van der Waals surface area contributed by atoms with Gasteiger partial charge in [0, 0.05) is 16.6 Å². The van der Waals surface area contributed by atoms with E-state index in [0.717, 1.165) is 5.56 Å². The molecule has 0 aliphatic heterocycles. The van der Waals surface area contributed by atoms with Gasteiger partial charge in [0.1, 0.15) is 0 Å². The van der Waals surface area contributed by atoms with E-state index in [-0.39, 0.29) is 12.0 Å². The van der Waals surface area contributed by atoms with E-state index in [9.17, 15) is 0 Å². The van der Waals surface area contributed by atoms with Gasteiger partial charge in [-0.25, -0.2) is 0 Å². The average molecular weight is 253 g/mol. The summed E-state index contributed by atoms with van der Waals surface area (Å²) in [6.07, 6.45) is 0. The Kier molecular flexibility index (Phi) is 4.08. The van der Waals surface area contributed by atoms with E-state index in [0.29, 0.717) is 15.1 Å². The van der Waals surface area contributed by atoms with Crippen molar-refractivity contribution in [3.05, 3.63) is 32.8 Å². The molecule has 14 heavy (non-hydrogen) atoms. The van der Waals surface area contributed by atoms with Crippen LogP contribution in [0.5, 0.6) is 0 Å². The van der Waals surface area contributed by atoms with E-state index in [4.69, 9.17) is 40.5 Å². The van der Waals surface area contributed by atoms with Gasteiger partial charge in [0.05, 0.1) is 10.0 Å². The highest BCUT2D eigenvalue weighted by Crippen LogP contribution is 2.36. The molecule has 0 radical (unpaired) electrons. The summed E-state index contributed by atoms with van der Waals surface area (Å²) in [6, 6.07) is 3.20. The molecule has 1 rings (SSSR count). The lowest BCUT2D eigenvalue weighted by atomic mass is 9.97. The summed E-state index contributed by atoms with van der Waals surface area (Å²) >= 11 is 17.9. The van der Waals surface area contributed by atoms with Crippen LogP contribution in [0.3, 0.4) is 0 Å². The van der Waals surface area contributed by atoms with Crippen molar-refractivity contribution < 1.29 is 0 Å². The summed E-state index contributed by atoms with van der Waals surface area (Å²) in [5.74, 6) is 0.267. The van der Waals surface area contributed by atoms with E-state index in [1.54, 1.807) is 12.1 Å². The Balaban J connectivity index is 3.25. The molecule has 1 aromatic carbocycles. The van der Waals surface area contributed by atoms with Gasteiger partial charge in [-0.2, -0.15) is 0 Å². The first-order chi connectivity index (χ1) is 6.45. The van der Waals surface area contributed by atoms with E-state index in [1.807, 2.05) is 13.8 Å². The standard InChI is InChI=1S/C10H12Cl3N/c1-5(2)10(14)8-6(11)3-4-7(12)9(8)13/h3-5,10H,14H2,1-2H3/t10-/m1/s1. The molecule has 0 bridgehead atoms. The number of nitrogens with two attached hydrogens (primary N) is 1. The molecular formula is C10H12Cl3N. The van der Waals surface area contributed by atoms with Gasteiger partial charge in [-0.05, 0) is 18.1 Å². The number of halogens is 3. The van der Waals surface area contributed by atoms with Crippen molar-refractivity contribution in [1.82, 2.24) is 0 Å². The number of hydrogen-bond acceptors (Lipinski definition) is 1. The Morgan fingerprint density at radius 3 is 2.07 bits per heavy atom. The van der Waals surface area contributed by atoms with E-state index < -0.39 is 0 Å². The van der Waals surface area contributed by atoms with Gasteiger partial charge in [0.25, 0.3) is 0 Å². The predicted octanol–water partition coefficient (Wildman–Crippen LogP) is 4.30. The third kappa shape index (κ3) is 2.34. The molecule has 0 heterocycles. The quantitative estimate of drug-likeness (QED) is 0.780. The van der Waals surface area contributed by atoms with Gasteiger partial charge in [-0.15, -0.1) is 0 Å². The first-order valence-electron chi connectivity index (χ1n) is 4.34. The zero-order chi connectivity index (χ0) is 10.9. The fraction of sp³-hybridized carbons (Fsp3) is 0.400. The SMILES string of the molecule is CC(C)[C@@H](N)c1c(Cl)ccc(Cl)c1Cl. The molecule has 1 aromatic rings. The molecule has 0 aromatic heterocycles. The van der Waals surface area contributed by atoms with Gasteiger partial charge < -0.3 is 5.73 Å². The smallest absolute Gasteiger partial charge is 0.0655 e. The Morgan fingerprint density at radius 2 is 1.57 bits per heavy atom. The van der Waals surface area contributed by atoms with Crippen LogP contribution in [-0.4, -0.2) is 0 Å². The van der Waals surface area contributed by atoms with E-state index in [1.165, 1.54) is 0 Å². The van der Waals surface area contributed by atoms with Gasteiger partial charge in [0.15, 0.2) is 0 Å². The van der Waals surface area contributed by atoms with Crippen LogP contribution in [0.25, 0.3) is 0 Å². The first kappa shape index (κ1) is 12.1. The molecule has 0 aliphatic carbocycles. The largest absolute Gasteiger partial charge is 0.324 e.